The minimum atomic E-state index is -1.26. The molecule has 1 fully saturated rings. The number of nitrogens with one attached hydrogen (secondary N) is 2. The predicted octanol–water partition coefficient (Wildman–Crippen LogP) is 1.61. The highest BCUT2D eigenvalue weighted by atomic mass is 32.1. The zero-order valence-corrected chi connectivity index (χ0v) is 14.6. The number of hydrogen-bond acceptors (Lipinski definition) is 5. The van der Waals surface area contributed by atoms with Crippen molar-refractivity contribution in [2.75, 3.05) is 4.90 Å². The first-order valence-corrected chi connectivity index (χ1v) is 8.21. The number of amides is 3. The summed E-state index contributed by atoms with van der Waals surface area (Å²) in [6, 6.07) is 13.4. The standard InChI is InChI=1S/C18H13FN4O3S/c19-12-8-6-11(7-9-12)15(24)22-20-10-14-16(25)21-18(27)23(17(14)26)13-4-2-1-3-5-13/h1-10,14H,(H,22,24)(H,21,25,27)/b20-10-/t14-/m0/s1. The number of halogens is 1. The highest BCUT2D eigenvalue weighted by molar-refractivity contribution is 7.80. The van der Waals surface area contributed by atoms with Crippen LogP contribution in [0.4, 0.5) is 10.1 Å². The van der Waals surface area contributed by atoms with Crippen LogP contribution in [-0.2, 0) is 9.59 Å². The molecule has 2 aromatic rings. The first kappa shape index (κ1) is 18.3. The summed E-state index contributed by atoms with van der Waals surface area (Å²) < 4.78 is 12.9. The Labute approximate surface area is 158 Å². The highest BCUT2D eigenvalue weighted by Crippen LogP contribution is 2.19. The van der Waals surface area contributed by atoms with E-state index in [4.69, 9.17) is 12.2 Å². The van der Waals surface area contributed by atoms with Crippen molar-refractivity contribution in [3.8, 4) is 0 Å². The molecule has 1 atom stereocenters. The van der Waals surface area contributed by atoms with Gasteiger partial charge in [0.25, 0.3) is 11.8 Å². The molecule has 0 radical (unpaired) electrons. The van der Waals surface area contributed by atoms with E-state index in [-0.39, 0.29) is 10.7 Å². The summed E-state index contributed by atoms with van der Waals surface area (Å²) in [6.45, 7) is 0. The third-order valence-corrected chi connectivity index (χ3v) is 4.00. The minimum absolute atomic E-state index is 0.0313. The fourth-order valence-corrected chi connectivity index (χ4v) is 2.68. The van der Waals surface area contributed by atoms with E-state index < -0.39 is 29.5 Å². The summed E-state index contributed by atoms with van der Waals surface area (Å²) in [7, 11) is 0. The number of thiocarbonyl (C=S) groups is 1. The molecule has 0 unspecified atom stereocenters. The van der Waals surface area contributed by atoms with E-state index in [1.165, 1.54) is 17.0 Å². The predicted molar refractivity (Wildman–Crippen MR) is 101 cm³/mol. The van der Waals surface area contributed by atoms with Crippen molar-refractivity contribution in [2.45, 2.75) is 0 Å². The molecule has 7 nitrogen and oxygen atoms in total. The van der Waals surface area contributed by atoms with Crippen LogP contribution in [0.2, 0.25) is 0 Å². The maximum Gasteiger partial charge on any atom is 0.271 e. The van der Waals surface area contributed by atoms with Gasteiger partial charge in [-0.15, -0.1) is 0 Å². The summed E-state index contributed by atoms with van der Waals surface area (Å²) in [4.78, 5) is 37.9. The summed E-state index contributed by atoms with van der Waals surface area (Å²) >= 11 is 5.07. The molecule has 2 aromatic carbocycles. The first-order valence-electron chi connectivity index (χ1n) is 7.80. The van der Waals surface area contributed by atoms with E-state index in [0.29, 0.717) is 5.69 Å². The highest BCUT2D eigenvalue weighted by Gasteiger charge is 2.38. The number of hydrogen-bond donors (Lipinski definition) is 2. The van der Waals surface area contributed by atoms with Gasteiger partial charge < -0.3 is 5.32 Å². The van der Waals surface area contributed by atoms with Gasteiger partial charge in [-0.2, -0.15) is 5.10 Å². The van der Waals surface area contributed by atoms with Crippen molar-refractivity contribution in [1.82, 2.24) is 10.7 Å². The van der Waals surface area contributed by atoms with Crippen LogP contribution in [0.25, 0.3) is 0 Å². The average Bonchev–Trinajstić information content (AvgIpc) is 2.65. The number of hydrazone groups is 1. The maximum absolute atomic E-state index is 12.9. The van der Waals surface area contributed by atoms with Gasteiger partial charge in [-0.05, 0) is 48.6 Å². The van der Waals surface area contributed by atoms with Crippen LogP contribution >= 0.6 is 12.2 Å². The van der Waals surface area contributed by atoms with E-state index in [1.54, 1.807) is 30.3 Å². The Bertz CT molecular complexity index is 931. The monoisotopic (exact) mass is 384 g/mol. The summed E-state index contributed by atoms with van der Waals surface area (Å²) in [5, 5.41) is 6.08. The molecule has 3 amide bonds. The van der Waals surface area contributed by atoms with Crippen molar-refractivity contribution >= 4 is 47.0 Å². The molecule has 3 rings (SSSR count). The maximum atomic E-state index is 12.9. The SMILES string of the molecule is O=C(N/N=C\[C@H]1C(=O)NC(=S)N(c2ccccc2)C1=O)c1ccc(F)cc1. The summed E-state index contributed by atoms with van der Waals surface area (Å²) in [5.41, 5.74) is 2.88. The Kier molecular flexibility index (Phi) is 5.32. The quantitative estimate of drug-likeness (QED) is 0.363. The van der Waals surface area contributed by atoms with Gasteiger partial charge in [-0.1, -0.05) is 18.2 Å². The smallest absolute Gasteiger partial charge is 0.271 e. The van der Waals surface area contributed by atoms with Gasteiger partial charge in [-0.25, -0.2) is 9.82 Å². The lowest BCUT2D eigenvalue weighted by atomic mass is 10.1. The molecule has 136 valence electrons. The van der Waals surface area contributed by atoms with E-state index in [9.17, 15) is 18.8 Å². The van der Waals surface area contributed by atoms with Crippen LogP contribution in [0.1, 0.15) is 10.4 Å². The molecular formula is C18H13FN4O3S. The van der Waals surface area contributed by atoms with Gasteiger partial charge in [0.2, 0.25) is 5.91 Å². The fraction of sp³-hybridized carbons (Fsp3) is 0.0556. The molecule has 1 aliphatic heterocycles. The molecule has 2 N–H and O–H groups in total. The lowest BCUT2D eigenvalue weighted by Crippen LogP contribution is -2.58. The zero-order chi connectivity index (χ0) is 19.4. The van der Waals surface area contributed by atoms with Gasteiger partial charge in [0.1, 0.15) is 5.82 Å². The molecule has 0 bridgehead atoms. The van der Waals surface area contributed by atoms with E-state index in [0.717, 1.165) is 18.3 Å². The van der Waals surface area contributed by atoms with Crippen LogP contribution < -0.4 is 15.6 Å². The second-order valence-electron chi connectivity index (χ2n) is 5.51. The molecule has 1 heterocycles. The third kappa shape index (κ3) is 4.04. The van der Waals surface area contributed by atoms with Crippen molar-refractivity contribution < 1.29 is 18.8 Å². The van der Waals surface area contributed by atoms with Crippen molar-refractivity contribution in [3.05, 3.63) is 66.0 Å². The average molecular weight is 384 g/mol. The molecular weight excluding hydrogens is 371 g/mol. The molecule has 9 heteroatoms. The molecule has 0 saturated carbocycles. The Hall–Kier alpha value is -3.46. The first-order chi connectivity index (χ1) is 13.0. The minimum Gasteiger partial charge on any atom is -0.301 e. The van der Waals surface area contributed by atoms with Gasteiger partial charge in [0.05, 0.1) is 5.69 Å². The second-order valence-corrected chi connectivity index (χ2v) is 5.89. The molecule has 0 spiro atoms. The Morgan fingerprint density at radius 1 is 1.15 bits per heavy atom. The van der Waals surface area contributed by atoms with Gasteiger partial charge in [-0.3, -0.25) is 19.3 Å². The lowest BCUT2D eigenvalue weighted by Gasteiger charge is -2.30. The molecule has 27 heavy (non-hydrogen) atoms. The zero-order valence-electron chi connectivity index (χ0n) is 13.8. The van der Waals surface area contributed by atoms with Crippen LogP contribution in [0.15, 0.2) is 59.7 Å². The number of carbonyl (C=O) groups is 3. The van der Waals surface area contributed by atoms with Crippen LogP contribution in [0.3, 0.4) is 0 Å². The largest absolute Gasteiger partial charge is 0.301 e. The number of rotatable bonds is 4. The number of anilines is 1. The molecule has 1 saturated heterocycles. The Morgan fingerprint density at radius 3 is 2.48 bits per heavy atom. The summed E-state index contributed by atoms with van der Waals surface area (Å²) in [6.07, 6.45) is 1.02. The lowest BCUT2D eigenvalue weighted by molar-refractivity contribution is -0.130. The number of benzene rings is 2. The van der Waals surface area contributed by atoms with Gasteiger partial charge >= 0.3 is 0 Å². The number of carbonyl (C=O) groups excluding carboxylic acids is 3. The van der Waals surface area contributed by atoms with Crippen LogP contribution in [-0.4, -0.2) is 29.0 Å². The van der Waals surface area contributed by atoms with Crippen LogP contribution in [0, 0.1) is 11.7 Å². The van der Waals surface area contributed by atoms with Crippen molar-refractivity contribution in [1.29, 1.82) is 0 Å². The van der Waals surface area contributed by atoms with Crippen LogP contribution in [0.5, 0.6) is 0 Å². The van der Waals surface area contributed by atoms with Gasteiger partial charge in [0, 0.05) is 11.8 Å². The number of nitrogens with zero attached hydrogens (tertiary/aromatic N) is 2. The molecule has 0 aromatic heterocycles. The van der Waals surface area contributed by atoms with E-state index in [2.05, 4.69) is 15.8 Å². The van der Waals surface area contributed by atoms with E-state index in [1.807, 2.05) is 0 Å². The van der Waals surface area contributed by atoms with Crippen molar-refractivity contribution in [2.24, 2.45) is 11.0 Å². The van der Waals surface area contributed by atoms with Gasteiger partial charge in [0.15, 0.2) is 11.0 Å². The Balaban J connectivity index is 1.73. The topological polar surface area (TPSA) is 90.9 Å². The van der Waals surface area contributed by atoms with Crippen molar-refractivity contribution in [3.63, 3.8) is 0 Å². The molecule has 1 aliphatic rings. The summed E-state index contributed by atoms with van der Waals surface area (Å²) in [5.74, 6) is -3.57. The Morgan fingerprint density at radius 2 is 1.81 bits per heavy atom. The number of para-hydroxylation sites is 1. The third-order valence-electron chi connectivity index (χ3n) is 3.71. The fourth-order valence-electron chi connectivity index (χ4n) is 2.38. The van der Waals surface area contributed by atoms with E-state index >= 15 is 0 Å². The second kappa shape index (κ2) is 7.83. The molecule has 0 aliphatic carbocycles. The normalized spacial score (nSPS) is 17.1.